The van der Waals surface area contributed by atoms with Gasteiger partial charge in [0.1, 0.15) is 5.57 Å². The molecule has 0 aromatic heterocycles. The first-order valence-corrected chi connectivity index (χ1v) is 14.3. The summed E-state index contributed by atoms with van der Waals surface area (Å²) in [4.78, 5) is 42.4. The number of imide groups is 2. The van der Waals surface area contributed by atoms with Crippen LogP contribution in [0.2, 0.25) is 0 Å². The van der Waals surface area contributed by atoms with Crippen LogP contribution in [0.4, 0.5) is 16.2 Å². The summed E-state index contributed by atoms with van der Waals surface area (Å²) in [6.45, 7) is 2.11. The summed E-state index contributed by atoms with van der Waals surface area (Å²) >= 11 is 0. The van der Waals surface area contributed by atoms with Crippen molar-refractivity contribution < 1.29 is 14.4 Å². The van der Waals surface area contributed by atoms with Gasteiger partial charge in [0, 0.05) is 18.8 Å². The van der Waals surface area contributed by atoms with Gasteiger partial charge in [-0.1, -0.05) is 24.3 Å². The molecule has 2 saturated heterocycles. The maximum Gasteiger partial charge on any atom is 0.335 e. The Morgan fingerprint density at radius 2 is 1.32 bits per heavy atom. The lowest BCUT2D eigenvalue weighted by Crippen LogP contribution is -2.54. The summed E-state index contributed by atoms with van der Waals surface area (Å²) in [5.74, 6) is 1.32. The molecule has 4 bridgehead atoms. The fourth-order valence-corrected chi connectivity index (χ4v) is 8.42. The lowest BCUT2D eigenvalue weighted by Gasteiger charge is -2.57. The van der Waals surface area contributed by atoms with Crippen LogP contribution in [0.15, 0.2) is 54.1 Å². The maximum atomic E-state index is 13.4. The van der Waals surface area contributed by atoms with Gasteiger partial charge in [0.2, 0.25) is 0 Å². The molecule has 0 spiro atoms. The summed E-state index contributed by atoms with van der Waals surface area (Å²) < 4.78 is 0. The van der Waals surface area contributed by atoms with Gasteiger partial charge in [0.05, 0.1) is 5.69 Å². The minimum absolute atomic E-state index is 0.0273. The van der Waals surface area contributed by atoms with Crippen LogP contribution < -0.4 is 15.1 Å². The third kappa shape index (κ3) is 4.05. The molecule has 6 nitrogen and oxygen atoms in total. The van der Waals surface area contributed by atoms with Gasteiger partial charge in [-0.2, -0.15) is 0 Å². The third-order valence-corrected chi connectivity index (χ3v) is 9.80. The first kappa shape index (κ1) is 23.7. The van der Waals surface area contributed by atoms with Crippen molar-refractivity contribution in [3.05, 3.63) is 65.2 Å². The molecule has 38 heavy (non-hydrogen) atoms. The average molecular weight is 510 g/mol. The summed E-state index contributed by atoms with van der Waals surface area (Å²) in [5, 5.41) is 2.37. The molecule has 8 rings (SSSR count). The van der Waals surface area contributed by atoms with Gasteiger partial charge in [-0.3, -0.25) is 14.9 Å². The summed E-state index contributed by atoms with van der Waals surface area (Å²) in [7, 11) is 0. The molecular formula is C32H35N3O3. The molecule has 6 fully saturated rings. The first-order chi connectivity index (χ1) is 18.5. The number of nitrogens with zero attached hydrogens (tertiary/aromatic N) is 2. The molecule has 2 heterocycles. The monoisotopic (exact) mass is 509 g/mol. The third-order valence-electron chi connectivity index (χ3n) is 9.80. The van der Waals surface area contributed by atoms with Crippen molar-refractivity contribution in [1.29, 1.82) is 0 Å². The largest absolute Gasteiger partial charge is 0.372 e. The van der Waals surface area contributed by atoms with Crippen LogP contribution in [0.3, 0.4) is 0 Å². The number of nitrogens with one attached hydrogen (secondary N) is 1. The summed E-state index contributed by atoms with van der Waals surface area (Å²) in [6, 6.07) is 15.2. The van der Waals surface area contributed by atoms with Gasteiger partial charge in [-0.25, -0.2) is 9.69 Å². The van der Waals surface area contributed by atoms with Crippen LogP contribution in [0, 0.1) is 17.8 Å². The SMILES string of the molecule is O=C1NC(=O)N(c2ccc(C34CC5CC(CC(C5)C3)C4)cc2)C(=O)/C1=C/c1ccc(N2CCCCC2)cc1. The van der Waals surface area contributed by atoms with E-state index in [0.717, 1.165) is 47.0 Å². The van der Waals surface area contributed by atoms with E-state index in [9.17, 15) is 14.4 Å². The van der Waals surface area contributed by atoms with E-state index in [1.807, 2.05) is 36.4 Å². The number of benzene rings is 2. The van der Waals surface area contributed by atoms with Gasteiger partial charge in [0.15, 0.2) is 0 Å². The van der Waals surface area contributed by atoms with Gasteiger partial charge in [-0.05, 0) is 122 Å². The molecule has 4 saturated carbocycles. The number of anilines is 2. The second-order valence-corrected chi connectivity index (χ2v) is 12.3. The topological polar surface area (TPSA) is 69.7 Å². The number of hydrogen-bond donors (Lipinski definition) is 1. The van der Waals surface area contributed by atoms with Crippen LogP contribution in [-0.4, -0.2) is 30.9 Å². The molecule has 6 aliphatic rings. The Hall–Kier alpha value is -3.41. The fraction of sp³-hybridized carbons (Fsp3) is 0.469. The Morgan fingerprint density at radius 1 is 0.737 bits per heavy atom. The van der Waals surface area contributed by atoms with Crippen molar-refractivity contribution in [1.82, 2.24) is 5.32 Å². The van der Waals surface area contributed by atoms with E-state index in [0.29, 0.717) is 5.69 Å². The molecule has 0 radical (unpaired) electrons. The number of urea groups is 1. The Bertz CT molecular complexity index is 1270. The van der Waals surface area contributed by atoms with E-state index in [1.165, 1.54) is 63.4 Å². The molecular weight excluding hydrogens is 474 g/mol. The van der Waals surface area contributed by atoms with E-state index in [4.69, 9.17) is 0 Å². The van der Waals surface area contributed by atoms with E-state index in [2.05, 4.69) is 22.3 Å². The average Bonchev–Trinajstić information content (AvgIpc) is 2.91. The Labute approximate surface area is 224 Å². The van der Waals surface area contributed by atoms with Crippen molar-refractivity contribution >= 4 is 35.3 Å². The number of piperidine rings is 1. The van der Waals surface area contributed by atoms with Gasteiger partial charge in [-0.15, -0.1) is 0 Å². The van der Waals surface area contributed by atoms with Crippen LogP contribution in [-0.2, 0) is 15.0 Å². The first-order valence-electron chi connectivity index (χ1n) is 14.3. The molecule has 0 atom stereocenters. The molecule has 2 aromatic carbocycles. The quantitative estimate of drug-likeness (QED) is 0.417. The van der Waals surface area contributed by atoms with Gasteiger partial charge in [0.25, 0.3) is 11.8 Å². The van der Waals surface area contributed by atoms with Gasteiger partial charge >= 0.3 is 6.03 Å². The number of hydrogen-bond acceptors (Lipinski definition) is 4. The van der Waals surface area contributed by atoms with Crippen molar-refractivity contribution in [2.45, 2.75) is 63.2 Å². The summed E-state index contributed by atoms with van der Waals surface area (Å²) in [6.07, 6.45) is 13.2. The van der Waals surface area contributed by atoms with Gasteiger partial charge < -0.3 is 4.90 Å². The van der Waals surface area contributed by atoms with E-state index in [1.54, 1.807) is 6.08 Å². The summed E-state index contributed by atoms with van der Waals surface area (Å²) in [5.41, 5.74) is 3.98. The Morgan fingerprint density at radius 3 is 1.92 bits per heavy atom. The van der Waals surface area contributed by atoms with Crippen LogP contribution in [0.25, 0.3) is 6.08 Å². The number of rotatable bonds is 4. The van der Waals surface area contributed by atoms with Crippen molar-refractivity contribution in [2.24, 2.45) is 17.8 Å². The molecule has 1 N–H and O–H groups in total. The van der Waals surface area contributed by atoms with E-state index >= 15 is 0 Å². The lowest BCUT2D eigenvalue weighted by molar-refractivity contribution is -0.122. The highest BCUT2D eigenvalue weighted by Gasteiger charge is 2.51. The predicted molar refractivity (Wildman–Crippen MR) is 148 cm³/mol. The predicted octanol–water partition coefficient (Wildman–Crippen LogP) is 5.81. The lowest BCUT2D eigenvalue weighted by atomic mass is 9.48. The molecule has 196 valence electrons. The molecule has 6 heteroatoms. The molecule has 4 amide bonds. The number of amides is 4. The van der Waals surface area contributed by atoms with Crippen molar-refractivity contribution in [3.63, 3.8) is 0 Å². The second kappa shape index (κ2) is 9.11. The highest BCUT2D eigenvalue weighted by Crippen LogP contribution is 2.60. The smallest absolute Gasteiger partial charge is 0.335 e. The zero-order valence-electron chi connectivity index (χ0n) is 21.8. The number of carbonyl (C=O) groups excluding carboxylic acids is 3. The Balaban J connectivity index is 1.12. The maximum absolute atomic E-state index is 13.4. The van der Waals surface area contributed by atoms with E-state index in [-0.39, 0.29) is 11.0 Å². The van der Waals surface area contributed by atoms with Crippen LogP contribution in [0.5, 0.6) is 0 Å². The zero-order valence-corrected chi connectivity index (χ0v) is 21.8. The standard InChI is InChI=1S/C32H35N3O3/c36-29-28(17-21-4-8-26(9-5-21)34-12-2-1-3-13-34)30(37)35(31(38)33-29)27-10-6-25(7-11-27)32-18-22-14-23(19-32)16-24(15-22)20-32/h4-11,17,22-24H,1-3,12-16,18-20H2,(H,33,36,38)/b28-17+. The number of carbonyl (C=O) groups is 3. The van der Waals surface area contributed by atoms with Crippen molar-refractivity contribution in [3.8, 4) is 0 Å². The fourth-order valence-electron chi connectivity index (χ4n) is 8.42. The Kier molecular flexibility index (Phi) is 5.68. The minimum Gasteiger partial charge on any atom is -0.372 e. The normalized spacial score (nSPS) is 31.7. The minimum atomic E-state index is -0.694. The van der Waals surface area contributed by atoms with Crippen LogP contribution in [0.1, 0.15) is 68.9 Å². The highest BCUT2D eigenvalue weighted by molar-refractivity contribution is 6.39. The highest BCUT2D eigenvalue weighted by atomic mass is 16.2. The molecule has 0 unspecified atom stereocenters. The van der Waals surface area contributed by atoms with Crippen molar-refractivity contribution in [2.75, 3.05) is 22.9 Å². The van der Waals surface area contributed by atoms with E-state index < -0.39 is 17.8 Å². The van der Waals surface area contributed by atoms with Crippen LogP contribution >= 0.6 is 0 Å². The molecule has 4 aliphatic carbocycles. The number of barbiturate groups is 1. The molecule has 2 aliphatic heterocycles. The zero-order chi connectivity index (χ0) is 25.9. The molecule has 2 aromatic rings. The second-order valence-electron chi connectivity index (χ2n) is 12.3.